The van der Waals surface area contributed by atoms with Crippen LogP contribution < -0.4 is 10.0 Å². The number of nitrogens with zero attached hydrogens (tertiary/aromatic N) is 2. The summed E-state index contributed by atoms with van der Waals surface area (Å²) in [6, 6.07) is 13.6. The SMILES string of the molecule is CS(=O)(=O)NCCc1ccc(-c2csc(Nc3ccccn3)n2)cc1. The summed E-state index contributed by atoms with van der Waals surface area (Å²) in [6.45, 7) is 0.396. The molecule has 0 bridgehead atoms. The van der Waals surface area contributed by atoms with E-state index in [-0.39, 0.29) is 0 Å². The van der Waals surface area contributed by atoms with Gasteiger partial charge in [0, 0.05) is 23.7 Å². The minimum atomic E-state index is -3.14. The molecule has 3 aromatic rings. The normalized spacial score (nSPS) is 11.4. The molecule has 0 unspecified atom stereocenters. The van der Waals surface area contributed by atoms with Crippen LogP contribution in [0, 0.1) is 0 Å². The third-order valence-corrected chi connectivity index (χ3v) is 4.92. The topological polar surface area (TPSA) is 84.0 Å². The number of sulfonamides is 1. The van der Waals surface area contributed by atoms with Gasteiger partial charge in [0.1, 0.15) is 5.82 Å². The Morgan fingerprint density at radius 2 is 1.92 bits per heavy atom. The van der Waals surface area contributed by atoms with Gasteiger partial charge in [0.25, 0.3) is 0 Å². The number of nitrogens with one attached hydrogen (secondary N) is 2. The van der Waals surface area contributed by atoms with Crippen LogP contribution in [0.2, 0.25) is 0 Å². The number of anilines is 2. The highest BCUT2D eigenvalue weighted by Crippen LogP contribution is 2.26. The highest BCUT2D eigenvalue weighted by molar-refractivity contribution is 7.88. The van der Waals surface area contributed by atoms with Crippen LogP contribution in [0.3, 0.4) is 0 Å². The molecule has 0 aliphatic rings. The molecule has 3 rings (SSSR count). The Balaban J connectivity index is 1.62. The molecule has 0 amide bonds. The molecule has 0 saturated carbocycles. The summed E-state index contributed by atoms with van der Waals surface area (Å²) in [6.07, 6.45) is 3.54. The maximum atomic E-state index is 11.1. The molecule has 2 N–H and O–H groups in total. The minimum absolute atomic E-state index is 0.396. The molecular weight excluding hydrogens is 356 g/mol. The minimum Gasteiger partial charge on any atom is -0.316 e. The Morgan fingerprint density at radius 3 is 2.60 bits per heavy atom. The highest BCUT2D eigenvalue weighted by Gasteiger charge is 2.06. The van der Waals surface area contributed by atoms with Crippen molar-refractivity contribution in [1.82, 2.24) is 14.7 Å². The fraction of sp³-hybridized carbons (Fsp3) is 0.176. The maximum Gasteiger partial charge on any atom is 0.208 e. The van der Waals surface area contributed by atoms with Crippen molar-refractivity contribution in [2.24, 2.45) is 0 Å². The van der Waals surface area contributed by atoms with Gasteiger partial charge in [-0.3, -0.25) is 0 Å². The zero-order valence-corrected chi connectivity index (χ0v) is 15.3. The van der Waals surface area contributed by atoms with Crippen molar-refractivity contribution in [2.75, 3.05) is 18.1 Å². The third-order valence-electron chi connectivity index (χ3n) is 3.43. The molecule has 6 nitrogen and oxygen atoms in total. The Bertz CT molecular complexity index is 923. The molecule has 0 aliphatic heterocycles. The van der Waals surface area contributed by atoms with E-state index in [2.05, 4.69) is 20.0 Å². The number of pyridine rings is 1. The van der Waals surface area contributed by atoms with Crippen LogP contribution in [-0.2, 0) is 16.4 Å². The fourth-order valence-electron chi connectivity index (χ4n) is 2.23. The Morgan fingerprint density at radius 1 is 1.12 bits per heavy atom. The number of thiazole rings is 1. The first kappa shape index (κ1) is 17.5. The second-order valence-electron chi connectivity index (χ2n) is 5.49. The molecule has 2 aromatic heterocycles. The van der Waals surface area contributed by atoms with E-state index in [4.69, 9.17) is 0 Å². The molecule has 8 heteroatoms. The van der Waals surface area contributed by atoms with Gasteiger partial charge >= 0.3 is 0 Å². The van der Waals surface area contributed by atoms with Gasteiger partial charge in [0.05, 0.1) is 11.9 Å². The molecule has 0 aliphatic carbocycles. The van der Waals surface area contributed by atoms with E-state index in [1.54, 1.807) is 6.20 Å². The first-order valence-corrected chi connectivity index (χ1v) is 10.4. The van der Waals surface area contributed by atoms with E-state index in [9.17, 15) is 8.42 Å². The predicted molar refractivity (Wildman–Crippen MR) is 102 cm³/mol. The van der Waals surface area contributed by atoms with E-state index >= 15 is 0 Å². The largest absolute Gasteiger partial charge is 0.316 e. The van der Waals surface area contributed by atoms with Gasteiger partial charge in [-0.25, -0.2) is 23.1 Å². The van der Waals surface area contributed by atoms with Crippen molar-refractivity contribution in [2.45, 2.75) is 6.42 Å². The van der Waals surface area contributed by atoms with Crippen molar-refractivity contribution in [1.29, 1.82) is 0 Å². The number of hydrogen-bond acceptors (Lipinski definition) is 6. The summed E-state index contributed by atoms with van der Waals surface area (Å²) in [4.78, 5) is 8.80. The summed E-state index contributed by atoms with van der Waals surface area (Å²) in [7, 11) is -3.14. The molecule has 0 spiro atoms. The molecule has 2 heterocycles. The standard InChI is InChI=1S/C17H18N4O2S2/c1-25(22,23)19-11-9-13-5-7-14(8-6-13)15-12-24-17(20-15)21-16-4-2-3-10-18-16/h2-8,10,12,19H,9,11H2,1H3,(H,18,20,21). The number of aromatic nitrogens is 2. The fourth-order valence-corrected chi connectivity index (χ4v) is 3.43. The first-order chi connectivity index (χ1) is 12.0. The maximum absolute atomic E-state index is 11.1. The summed E-state index contributed by atoms with van der Waals surface area (Å²) in [5.74, 6) is 0.761. The van der Waals surface area contributed by atoms with Gasteiger partial charge in [-0.15, -0.1) is 11.3 Å². The molecular formula is C17H18N4O2S2. The van der Waals surface area contributed by atoms with Crippen LogP contribution in [-0.4, -0.2) is 31.2 Å². The van der Waals surface area contributed by atoms with Crippen molar-refractivity contribution in [3.8, 4) is 11.3 Å². The summed E-state index contributed by atoms with van der Waals surface area (Å²) < 4.78 is 24.6. The van der Waals surface area contributed by atoms with Crippen LogP contribution in [0.5, 0.6) is 0 Å². The molecule has 0 radical (unpaired) electrons. The Hall–Kier alpha value is -2.29. The van der Waals surface area contributed by atoms with Crippen molar-refractivity contribution >= 4 is 32.3 Å². The van der Waals surface area contributed by atoms with Gasteiger partial charge in [0.15, 0.2) is 5.13 Å². The molecule has 1 aromatic carbocycles. The smallest absolute Gasteiger partial charge is 0.208 e. The highest BCUT2D eigenvalue weighted by atomic mass is 32.2. The van der Waals surface area contributed by atoms with Crippen LogP contribution in [0.25, 0.3) is 11.3 Å². The van der Waals surface area contributed by atoms with Crippen LogP contribution in [0.1, 0.15) is 5.56 Å². The molecule has 130 valence electrons. The van der Waals surface area contributed by atoms with Gasteiger partial charge in [0.2, 0.25) is 10.0 Å². The number of rotatable bonds is 7. The van der Waals surface area contributed by atoms with Crippen LogP contribution in [0.4, 0.5) is 10.9 Å². The number of benzene rings is 1. The molecule has 0 fully saturated rings. The van der Waals surface area contributed by atoms with Gasteiger partial charge < -0.3 is 5.32 Å². The average Bonchev–Trinajstić information content (AvgIpc) is 3.04. The summed E-state index contributed by atoms with van der Waals surface area (Å²) in [5, 5.41) is 5.96. The second kappa shape index (κ2) is 7.73. The van der Waals surface area contributed by atoms with E-state index < -0.39 is 10.0 Å². The molecule has 0 atom stereocenters. The second-order valence-corrected chi connectivity index (χ2v) is 8.18. The van der Waals surface area contributed by atoms with Gasteiger partial charge in [-0.2, -0.15) is 0 Å². The van der Waals surface area contributed by atoms with Crippen LogP contribution >= 0.6 is 11.3 Å². The van der Waals surface area contributed by atoms with E-state index in [0.29, 0.717) is 13.0 Å². The van der Waals surface area contributed by atoms with Crippen molar-refractivity contribution < 1.29 is 8.42 Å². The summed E-state index contributed by atoms with van der Waals surface area (Å²) in [5.41, 5.74) is 2.98. The first-order valence-electron chi connectivity index (χ1n) is 7.67. The zero-order chi connectivity index (χ0) is 17.7. The summed E-state index contributed by atoms with van der Waals surface area (Å²) >= 11 is 1.52. The quantitative estimate of drug-likeness (QED) is 0.664. The lowest BCUT2D eigenvalue weighted by molar-refractivity contribution is 0.588. The van der Waals surface area contributed by atoms with E-state index in [1.165, 1.54) is 11.3 Å². The monoisotopic (exact) mass is 374 g/mol. The average molecular weight is 374 g/mol. The molecule has 0 saturated heterocycles. The molecule has 25 heavy (non-hydrogen) atoms. The van der Waals surface area contributed by atoms with E-state index in [0.717, 1.165) is 34.0 Å². The van der Waals surface area contributed by atoms with E-state index in [1.807, 2.05) is 47.8 Å². The lowest BCUT2D eigenvalue weighted by Crippen LogP contribution is -2.24. The Kier molecular flexibility index (Phi) is 5.42. The lowest BCUT2D eigenvalue weighted by Gasteiger charge is -2.04. The van der Waals surface area contributed by atoms with Crippen LogP contribution in [0.15, 0.2) is 54.0 Å². The predicted octanol–water partition coefficient (Wildman–Crippen LogP) is 3.04. The number of hydrogen-bond donors (Lipinski definition) is 2. The zero-order valence-electron chi connectivity index (χ0n) is 13.6. The van der Waals surface area contributed by atoms with Gasteiger partial charge in [-0.1, -0.05) is 30.3 Å². The van der Waals surface area contributed by atoms with Gasteiger partial charge in [-0.05, 0) is 24.1 Å². The Labute approximate surface area is 151 Å². The van der Waals surface area contributed by atoms with Crippen molar-refractivity contribution in [3.05, 3.63) is 59.6 Å². The lowest BCUT2D eigenvalue weighted by atomic mass is 10.1. The third kappa shape index (κ3) is 5.35. The van der Waals surface area contributed by atoms with Crippen molar-refractivity contribution in [3.63, 3.8) is 0 Å².